The van der Waals surface area contributed by atoms with Crippen molar-refractivity contribution in [2.45, 2.75) is 26.2 Å². The van der Waals surface area contributed by atoms with E-state index in [-0.39, 0.29) is 0 Å². The normalized spacial score (nSPS) is 10.7. The molecule has 0 bridgehead atoms. The summed E-state index contributed by atoms with van der Waals surface area (Å²) in [6, 6.07) is 12.5. The van der Waals surface area contributed by atoms with Crippen LogP contribution in [0.3, 0.4) is 0 Å². The zero-order valence-corrected chi connectivity index (χ0v) is 12.9. The van der Waals surface area contributed by atoms with E-state index in [1.807, 2.05) is 29.9 Å². The Kier molecular flexibility index (Phi) is 4.41. The monoisotopic (exact) mass is 293 g/mol. The first kappa shape index (κ1) is 14.0. The van der Waals surface area contributed by atoms with Crippen LogP contribution >= 0.6 is 11.3 Å². The lowest BCUT2D eigenvalue weighted by atomic mass is 9.99. The molecule has 105 valence electrons. The Hall–Kier alpha value is -2.00. The average molecular weight is 293 g/mol. The lowest BCUT2D eigenvalue weighted by Crippen LogP contribution is -1.94. The van der Waals surface area contributed by atoms with Gasteiger partial charge in [0.1, 0.15) is 0 Å². The van der Waals surface area contributed by atoms with Crippen LogP contribution in [-0.4, -0.2) is 9.97 Å². The summed E-state index contributed by atoms with van der Waals surface area (Å²) < 4.78 is 0. The Bertz CT molecular complexity index is 691. The van der Waals surface area contributed by atoms with Crippen LogP contribution in [0.15, 0.2) is 48.1 Å². The van der Waals surface area contributed by atoms with Crippen LogP contribution in [0.2, 0.25) is 0 Å². The highest BCUT2D eigenvalue weighted by Crippen LogP contribution is 2.33. The number of aryl methyl sites for hydroxylation is 1. The van der Waals surface area contributed by atoms with Crippen LogP contribution in [-0.2, 0) is 6.42 Å². The molecule has 0 fully saturated rings. The second kappa shape index (κ2) is 6.64. The molecule has 1 aromatic carbocycles. The molecule has 3 heteroatoms. The van der Waals surface area contributed by atoms with Crippen molar-refractivity contribution in [2.75, 3.05) is 0 Å². The third-order valence-corrected chi connectivity index (χ3v) is 4.24. The van der Waals surface area contributed by atoms with Crippen molar-refractivity contribution in [1.82, 2.24) is 9.97 Å². The number of unbranched alkanes of at least 4 members (excludes halogenated alkanes) is 1. The Morgan fingerprint density at radius 1 is 1.19 bits per heavy atom. The lowest BCUT2D eigenvalue weighted by Gasteiger charge is -2.09. The maximum absolute atomic E-state index is 4.52. The lowest BCUT2D eigenvalue weighted by molar-refractivity contribution is 0.777. The first-order valence-electron chi connectivity index (χ1n) is 7.24. The van der Waals surface area contributed by atoms with Gasteiger partial charge in [0.15, 0.2) is 0 Å². The third kappa shape index (κ3) is 3.19. The number of thiazole rings is 1. The van der Waals surface area contributed by atoms with Crippen LogP contribution in [0.1, 0.15) is 25.5 Å². The van der Waals surface area contributed by atoms with Crippen molar-refractivity contribution < 1.29 is 0 Å². The SMILES string of the molecule is CCCCc1cc(-c2cncs2)c(-c2ccccc2)[c]n1. The topological polar surface area (TPSA) is 25.8 Å². The second-order valence-electron chi connectivity index (χ2n) is 4.98. The summed E-state index contributed by atoms with van der Waals surface area (Å²) in [4.78, 5) is 9.90. The van der Waals surface area contributed by atoms with Crippen molar-refractivity contribution in [3.05, 3.63) is 60.0 Å². The number of hydrogen-bond donors (Lipinski definition) is 0. The van der Waals surface area contributed by atoms with Crippen LogP contribution in [0, 0.1) is 6.20 Å². The molecule has 0 aliphatic heterocycles. The smallest absolute Gasteiger partial charge is 0.0981 e. The molecule has 0 saturated heterocycles. The summed E-state index contributed by atoms with van der Waals surface area (Å²) in [6.45, 7) is 2.20. The summed E-state index contributed by atoms with van der Waals surface area (Å²) >= 11 is 1.66. The fourth-order valence-electron chi connectivity index (χ4n) is 2.31. The molecule has 1 radical (unpaired) electrons. The van der Waals surface area contributed by atoms with Crippen molar-refractivity contribution in [2.24, 2.45) is 0 Å². The number of rotatable bonds is 5. The predicted molar refractivity (Wildman–Crippen MR) is 88.2 cm³/mol. The number of pyridine rings is 1. The molecule has 0 N–H and O–H groups in total. The minimum atomic E-state index is 1.01. The Morgan fingerprint density at radius 3 is 2.76 bits per heavy atom. The van der Waals surface area contributed by atoms with Gasteiger partial charge in [0, 0.05) is 23.0 Å². The molecule has 3 rings (SSSR count). The highest BCUT2D eigenvalue weighted by atomic mass is 32.1. The average Bonchev–Trinajstić information content (AvgIpc) is 3.08. The highest BCUT2D eigenvalue weighted by molar-refractivity contribution is 7.13. The van der Waals surface area contributed by atoms with Crippen LogP contribution in [0.5, 0.6) is 0 Å². The molecule has 21 heavy (non-hydrogen) atoms. The van der Waals surface area contributed by atoms with E-state index in [1.54, 1.807) is 11.3 Å². The fraction of sp³-hybridized carbons (Fsp3) is 0.222. The molecule has 3 aromatic rings. The van der Waals surface area contributed by atoms with E-state index < -0.39 is 0 Å². The first-order chi connectivity index (χ1) is 10.4. The second-order valence-corrected chi connectivity index (χ2v) is 5.87. The highest BCUT2D eigenvalue weighted by Gasteiger charge is 2.11. The summed E-state index contributed by atoms with van der Waals surface area (Å²) in [5, 5.41) is 0. The maximum Gasteiger partial charge on any atom is 0.0981 e. The van der Waals surface area contributed by atoms with Crippen molar-refractivity contribution in [3.63, 3.8) is 0 Å². The fourth-order valence-corrected chi connectivity index (χ4v) is 2.96. The largest absolute Gasteiger partial charge is 0.252 e. The summed E-state index contributed by atoms with van der Waals surface area (Å²) in [5.74, 6) is 0. The molecule has 0 aliphatic carbocycles. The van der Waals surface area contributed by atoms with Crippen LogP contribution < -0.4 is 0 Å². The molecule has 0 aliphatic rings. The number of hydrogen-bond acceptors (Lipinski definition) is 3. The summed E-state index contributed by atoms with van der Waals surface area (Å²) in [6.07, 6.45) is 8.52. The van der Waals surface area contributed by atoms with Crippen molar-refractivity contribution >= 4 is 11.3 Å². The van der Waals surface area contributed by atoms with Gasteiger partial charge in [-0.05, 0) is 24.5 Å². The zero-order chi connectivity index (χ0) is 14.5. The molecular weight excluding hydrogens is 276 g/mol. The molecule has 0 atom stereocenters. The molecule has 0 amide bonds. The van der Waals surface area contributed by atoms with E-state index in [4.69, 9.17) is 0 Å². The third-order valence-electron chi connectivity index (χ3n) is 3.44. The van der Waals surface area contributed by atoms with E-state index in [0.29, 0.717) is 0 Å². The number of aromatic nitrogens is 2. The van der Waals surface area contributed by atoms with E-state index >= 15 is 0 Å². The number of benzene rings is 1. The number of nitrogens with zero attached hydrogens (tertiary/aromatic N) is 2. The zero-order valence-electron chi connectivity index (χ0n) is 12.0. The van der Waals surface area contributed by atoms with E-state index in [0.717, 1.165) is 29.7 Å². The molecule has 0 spiro atoms. The van der Waals surface area contributed by atoms with E-state index in [2.05, 4.69) is 41.3 Å². The van der Waals surface area contributed by atoms with E-state index in [9.17, 15) is 0 Å². The Balaban J connectivity index is 2.07. The van der Waals surface area contributed by atoms with Gasteiger partial charge in [0.2, 0.25) is 0 Å². The summed E-state index contributed by atoms with van der Waals surface area (Å²) in [5.41, 5.74) is 6.37. The van der Waals surface area contributed by atoms with Gasteiger partial charge in [-0.15, -0.1) is 11.3 Å². The van der Waals surface area contributed by atoms with Gasteiger partial charge in [0.05, 0.1) is 16.6 Å². The summed E-state index contributed by atoms with van der Waals surface area (Å²) in [7, 11) is 0. The molecule has 0 saturated carbocycles. The Labute approximate surface area is 129 Å². The van der Waals surface area contributed by atoms with Gasteiger partial charge in [-0.1, -0.05) is 43.7 Å². The Morgan fingerprint density at radius 2 is 2.05 bits per heavy atom. The van der Waals surface area contributed by atoms with Gasteiger partial charge in [-0.25, -0.2) is 0 Å². The van der Waals surface area contributed by atoms with Gasteiger partial charge in [-0.2, -0.15) is 0 Å². The van der Waals surface area contributed by atoms with Gasteiger partial charge in [0.25, 0.3) is 0 Å². The molecule has 2 heterocycles. The van der Waals surface area contributed by atoms with Crippen LogP contribution in [0.4, 0.5) is 0 Å². The van der Waals surface area contributed by atoms with Crippen molar-refractivity contribution in [3.8, 4) is 21.6 Å². The van der Waals surface area contributed by atoms with Crippen molar-refractivity contribution in [1.29, 1.82) is 0 Å². The predicted octanol–water partition coefficient (Wildman–Crippen LogP) is 5.01. The first-order valence-corrected chi connectivity index (χ1v) is 8.12. The molecule has 2 aromatic heterocycles. The van der Waals surface area contributed by atoms with Gasteiger partial charge < -0.3 is 0 Å². The standard InChI is InChI=1S/C18H17N2S/c1-2-3-9-15-10-16(18-12-19-13-21-18)17(11-20-15)14-7-5-4-6-8-14/h4-8,10,12-13H,2-3,9H2,1H3. The molecule has 0 unspecified atom stereocenters. The minimum Gasteiger partial charge on any atom is -0.252 e. The van der Waals surface area contributed by atoms with Gasteiger partial charge in [-0.3, -0.25) is 9.97 Å². The van der Waals surface area contributed by atoms with Crippen LogP contribution in [0.25, 0.3) is 21.6 Å². The molecule has 2 nitrogen and oxygen atoms in total. The van der Waals surface area contributed by atoms with E-state index in [1.165, 1.54) is 16.9 Å². The molecular formula is C18H17N2S. The maximum atomic E-state index is 4.52. The minimum absolute atomic E-state index is 1.01. The quantitative estimate of drug-likeness (QED) is 0.660. The van der Waals surface area contributed by atoms with Gasteiger partial charge >= 0.3 is 0 Å².